The first-order valence-electron chi connectivity index (χ1n) is 8.95. The van der Waals surface area contributed by atoms with E-state index in [1.54, 1.807) is 13.8 Å². The highest BCUT2D eigenvalue weighted by atomic mass is 16.5. The fourth-order valence-electron chi connectivity index (χ4n) is 2.43. The Morgan fingerprint density at radius 2 is 1.26 bits per heavy atom. The van der Waals surface area contributed by atoms with E-state index in [-0.39, 0.29) is 13.2 Å². The van der Waals surface area contributed by atoms with Crippen molar-refractivity contribution in [3.05, 3.63) is 0 Å². The molecule has 0 N–H and O–H groups in total. The monoisotopic (exact) mass is 328 g/mol. The van der Waals surface area contributed by atoms with Gasteiger partial charge in [0.1, 0.15) is 5.92 Å². The van der Waals surface area contributed by atoms with E-state index in [1.807, 2.05) is 0 Å². The molecule has 0 aliphatic rings. The van der Waals surface area contributed by atoms with Gasteiger partial charge in [0.2, 0.25) is 0 Å². The predicted molar refractivity (Wildman–Crippen MR) is 89.0 cm³/mol. The molecule has 0 aromatic rings. The minimum Gasteiger partial charge on any atom is -0.465 e. The normalized spacial score (nSPS) is 11.8. The number of rotatable bonds is 14. The second kappa shape index (κ2) is 14.2. The zero-order chi connectivity index (χ0) is 17.5. The Morgan fingerprint density at radius 3 is 1.78 bits per heavy atom. The molecular weight excluding hydrogens is 296 g/mol. The lowest BCUT2D eigenvalue weighted by Crippen LogP contribution is -2.33. The zero-order valence-corrected chi connectivity index (χ0v) is 14.9. The second-order valence-corrected chi connectivity index (χ2v) is 5.65. The van der Waals surface area contributed by atoms with Crippen LogP contribution in [0, 0.1) is 5.92 Å². The Labute approximate surface area is 140 Å². The molecule has 1 atom stereocenters. The Kier molecular flexibility index (Phi) is 13.4. The lowest BCUT2D eigenvalue weighted by atomic mass is 9.96. The molecule has 0 aromatic carbocycles. The number of carbonyl (C=O) groups excluding carboxylic acids is 3. The van der Waals surface area contributed by atoms with Crippen molar-refractivity contribution in [1.82, 2.24) is 0 Å². The Bertz CT molecular complexity index is 351. The molecule has 0 unspecified atom stereocenters. The molecule has 0 aliphatic carbocycles. The third-order valence-electron chi connectivity index (χ3n) is 3.71. The van der Waals surface area contributed by atoms with E-state index in [2.05, 4.69) is 6.92 Å². The number of carbonyl (C=O) groups is 3. The summed E-state index contributed by atoms with van der Waals surface area (Å²) in [5, 5.41) is 0. The van der Waals surface area contributed by atoms with Crippen LogP contribution in [0.3, 0.4) is 0 Å². The van der Waals surface area contributed by atoms with Crippen LogP contribution in [0.1, 0.15) is 78.6 Å². The highest BCUT2D eigenvalue weighted by molar-refractivity contribution is 6.37. The average Bonchev–Trinajstić information content (AvgIpc) is 2.53. The maximum atomic E-state index is 12.0. The summed E-state index contributed by atoms with van der Waals surface area (Å²) in [6.07, 6.45) is 9.32. The molecule has 134 valence electrons. The summed E-state index contributed by atoms with van der Waals surface area (Å²) in [5.74, 6) is -3.36. The van der Waals surface area contributed by atoms with Crippen molar-refractivity contribution in [1.29, 1.82) is 0 Å². The Balaban J connectivity index is 4.20. The molecule has 0 radical (unpaired) electrons. The van der Waals surface area contributed by atoms with Gasteiger partial charge in [-0.05, 0) is 20.3 Å². The Hall–Kier alpha value is -1.39. The fourth-order valence-corrected chi connectivity index (χ4v) is 2.43. The highest BCUT2D eigenvalue weighted by Gasteiger charge is 2.33. The lowest BCUT2D eigenvalue weighted by Gasteiger charge is -2.13. The third-order valence-corrected chi connectivity index (χ3v) is 3.71. The first kappa shape index (κ1) is 21.6. The smallest absolute Gasteiger partial charge is 0.375 e. The summed E-state index contributed by atoms with van der Waals surface area (Å²) in [5.41, 5.74) is 0. The zero-order valence-electron chi connectivity index (χ0n) is 14.9. The van der Waals surface area contributed by atoms with Gasteiger partial charge in [0.05, 0.1) is 13.2 Å². The molecule has 0 spiro atoms. The van der Waals surface area contributed by atoms with Crippen molar-refractivity contribution < 1.29 is 23.9 Å². The molecule has 5 heteroatoms. The maximum absolute atomic E-state index is 12.0. The fraction of sp³-hybridized carbons (Fsp3) is 0.833. The van der Waals surface area contributed by atoms with Crippen molar-refractivity contribution in [2.75, 3.05) is 13.2 Å². The van der Waals surface area contributed by atoms with Gasteiger partial charge < -0.3 is 9.47 Å². The topological polar surface area (TPSA) is 69.7 Å². The summed E-state index contributed by atoms with van der Waals surface area (Å²) in [7, 11) is 0. The molecule has 0 bridgehead atoms. The first-order chi connectivity index (χ1) is 11.1. The van der Waals surface area contributed by atoms with Crippen LogP contribution in [-0.2, 0) is 23.9 Å². The molecule has 0 rings (SSSR count). The average molecular weight is 328 g/mol. The van der Waals surface area contributed by atoms with Crippen LogP contribution in [0.15, 0.2) is 0 Å². The van der Waals surface area contributed by atoms with Gasteiger partial charge in [-0.2, -0.15) is 0 Å². The number of ether oxygens (including phenoxy) is 2. The van der Waals surface area contributed by atoms with Gasteiger partial charge in [-0.1, -0.05) is 58.3 Å². The third kappa shape index (κ3) is 10.1. The SMILES string of the molecule is CCCCCCCCCC[C@H](C(=O)OCC)C(=O)C(=O)OCC. The maximum Gasteiger partial charge on any atom is 0.375 e. The molecular formula is C18H32O5. The molecule has 23 heavy (non-hydrogen) atoms. The van der Waals surface area contributed by atoms with Crippen LogP contribution in [0.25, 0.3) is 0 Å². The van der Waals surface area contributed by atoms with Crippen molar-refractivity contribution in [3.8, 4) is 0 Å². The number of hydrogen-bond donors (Lipinski definition) is 0. The summed E-state index contributed by atoms with van der Waals surface area (Å²) >= 11 is 0. The molecule has 0 aromatic heterocycles. The Morgan fingerprint density at radius 1 is 0.739 bits per heavy atom. The summed E-state index contributed by atoms with van der Waals surface area (Å²) in [6, 6.07) is 0. The minimum atomic E-state index is -1.02. The van der Waals surface area contributed by atoms with Crippen molar-refractivity contribution in [3.63, 3.8) is 0 Å². The lowest BCUT2D eigenvalue weighted by molar-refractivity contribution is -0.162. The molecule has 0 fully saturated rings. The number of Topliss-reactive ketones (excluding diaryl/α,β-unsaturated/α-hetero) is 1. The van der Waals surface area contributed by atoms with E-state index in [9.17, 15) is 14.4 Å². The van der Waals surface area contributed by atoms with Gasteiger partial charge in [0.25, 0.3) is 5.78 Å². The molecule has 0 saturated carbocycles. The van der Waals surface area contributed by atoms with Crippen molar-refractivity contribution in [2.24, 2.45) is 5.92 Å². The molecule has 0 amide bonds. The largest absolute Gasteiger partial charge is 0.465 e. The number of ketones is 1. The summed E-state index contributed by atoms with van der Waals surface area (Å²) < 4.78 is 9.61. The first-order valence-corrected chi connectivity index (χ1v) is 8.95. The quantitative estimate of drug-likeness (QED) is 0.210. The van der Waals surface area contributed by atoms with Crippen LogP contribution in [0.4, 0.5) is 0 Å². The predicted octanol–water partition coefficient (Wildman–Crippen LogP) is 3.83. The van der Waals surface area contributed by atoms with Gasteiger partial charge in [0.15, 0.2) is 0 Å². The summed E-state index contributed by atoms with van der Waals surface area (Å²) in [6.45, 7) is 5.82. The molecule has 0 heterocycles. The molecule has 0 saturated heterocycles. The van der Waals surface area contributed by atoms with E-state index in [0.717, 1.165) is 19.3 Å². The molecule has 0 aliphatic heterocycles. The minimum absolute atomic E-state index is 0.123. The van der Waals surface area contributed by atoms with Gasteiger partial charge in [-0.3, -0.25) is 9.59 Å². The van der Waals surface area contributed by atoms with Crippen LogP contribution in [0.2, 0.25) is 0 Å². The van der Waals surface area contributed by atoms with Gasteiger partial charge >= 0.3 is 11.9 Å². The highest BCUT2D eigenvalue weighted by Crippen LogP contribution is 2.16. The summed E-state index contributed by atoms with van der Waals surface area (Å²) in [4.78, 5) is 35.4. The molecule has 5 nitrogen and oxygen atoms in total. The van der Waals surface area contributed by atoms with Crippen molar-refractivity contribution >= 4 is 17.7 Å². The van der Waals surface area contributed by atoms with Crippen LogP contribution in [0.5, 0.6) is 0 Å². The standard InChI is InChI=1S/C18H32O5/c1-4-7-8-9-10-11-12-13-14-15(17(20)22-5-2)16(19)18(21)23-6-3/h15H,4-14H2,1-3H3/t15-/m0/s1. The van der Waals surface area contributed by atoms with E-state index in [1.165, 1.54) is 32.1 Å². The van der Waals surface area contributed by atoms with Crippen LogP contribution in [-0.4, -0.2) is 30.9 Å². The van der Waals surface area contributed by atoms with E-state index in [4.69, 9.17) is 9.47 Å². The van der Waals surface area contributed by atoms with Crippen molar-refractivity contribution in [2.45, 2.75) is 78.6 Å². The van der Waals surface area contributed by atoms with E-state index >= 15 is 0 Å². The van der Waals surface area contributed by atoms with Gasteiger partial charge in [-0.15, -0.1) is 0 Å². The number of esters is 2. The van der Waals surface area contributed by atoms with Gasteiger partial charge in [-0.25, -0.2) is 4.79 Å². The van der Waals surface area contributed by atoms with E-state index < -0.39 is 23.6 Å². The van der Waals surface area contributed by atoms with E-state index in [0.29, 0.717) is 6.42 Å². The number of unbranched alkanes of at least 4 members (excludes halogenated alkanes) is 7. The van der Waals surface area contributed by atoms with Crippen LogP contribution < -0.4 is 0 Å². The van der Waals surface area contributed by atoms with Gasteiger partial charge in [0, 0.05) is 0 Å². The second-order valence-electron chi connectivity index (χ2n) is 5.65. The number of hydrogen-bond acceptors (Lipinski definition) is 5. The van der Waals surface area contributed by atoms with Crippen LogP contribution >= 0.6 is 0 Å².